The Labute approximate surface area is 188 Å². The van der Waals surface area contributed by atoms with Gasteiger partial charge in [-0.15, -0.1) is 0 Å². The SMILES string of the molecule is CC.CCCC(CC[C@H](C)CC)c1cc(N)on1.O=Cc1ccc(C(F)(F)F)c(Cl)c1. The van der Waals surface area contributed by atoms with E-state index in [9.17, 15) is 18.0 Å². The van der Waals surface area contributed by atoms with E-state index in [0.717, 1.165) is 29.8 Å². The summed E-state index contributed by atoms with van der Waals surface area (Å²) in [7, 11) is 0. The van der Waals surface area contributed by atoms with Crippen LogP contribution < -0.4 is 5.73 Å². The van der Waals surface area contributed by atoms with Crippen LogP contribution in [0.2, 0.25) is 5.02 Å². The number of anilines is 1. The maximum Gasteiger partial charge on any atom is 0.417 e. The molecule has 2 rings (SSSR count). The zero-order valence-corrected chi connectivity index (χ0v) is 19.7. The van der Waals surface area contributed by atoms with Crippen molar-refractivity contribution in [3.05, 3.63) is 46.1 Å². The Kier molecular flexibility index (Phi) is 13.9. The summed E-state index contributed by atoms with van der Waals surface area (Å²) < 4.78 is 41.3. The Morgan fingerprint density at radius 3 is 2.23 bits per heavy atom. The summed E-state index contributed by atoms with van der Waals surface area (Å²) in [4.78, 5) is 10.2. The lowest BCUT2D eigenvalue weighted by Crippen LogP contribution is -2.05. The molecule has 1 heterocycles. The summed E-state index contributed by atoms with van der Waals surface area (Å²) in [5.74, 6) is 1.74. The molecule has 1 aromatic heterocycles. The maximum atomic E-state index is 12.1. The van der Waals surface area contributed by atoms with Crippen molar-refractivity contribution < 1.29 is 22.5 Å². The highest BCUT2D eigenvalue weighted by Crippen LogP contribution is 2.34. The van der Waals surface area contributed by atoms with E-state index >= 15 is 0 Å². The molecule has 0 spiro atoms. The number of alkyl halides is 3. The van der Waals surface area contributed by atoms with E-state index in [-0.39, 0.29) is 5.56 Å². The molecule has 2 atom stereocenters. The number of nitrogen functional groups attached to an aromatic ring is 1. The van der Waals surface area contributed by atoms with Gasteiger partial charge in [0.1, 0.15) is 6.29 Å². The van der Waals surface area contributed by atoms with Crippen LogP contribution in [0.4, 0.5) is 19.1 Å². The van der Waals surface area contributed by atoms with Crippen molar-refractivity contribution >= 4 is 23.8 Å². The van der Waals surface area contributed by atoms with Gasteiger partial charge in [0, 0.05) is 17.5 Å². The Morgan fingerprint density at radius 2 is 1.81 bits per heavy atom. The molecule has 0 amide bonds. The summed E-state index contributed by atoms with van der Waals surface area (Å²) in [5.41, 5.74) is 5.79. The van der Waals surface area contributed by atoms with Gasteiger partial charge >= 0.3 is 6.18 Å². The molecule has 8 heteroatoms. The van der Waals surface area contributed by atoms with Crippen molar-refractivity contribution in [3.8, 4) is 0 Å². The molecule has 31 heavy (non-hydrogen) atoms. The zero-order chi connectivity index (χ0) is 24.0. The number of carbonyl (C=O) groups excluding carboxylic acids is 1. The molecule has 0 fully saturated rings. The van der Waals surface area contributed by atoms with Crippen molar-refractivity contribution in [1.29, 1.82) is 0 Å². The number of halogens is 4. The van der Waals surface area contributed by atoms with Crippen LogP contribution in [0.15, 0.2) is 28.8 Å². The van der Waals surface area contributed by atoms with E-state index in [4.69, 9.17) is 21.9 Å². The van der Waals surface area contributed by atoms with Crippen molar-refractivity contribution in [2.75, 3.05) is 5.73 Å². The van der Waals surface area contributed by atoms with E-state index in [0.29, 0.717) is 18.1 Å². The van der Waals surface area contributed by atoms with Crippen molar-refractivity contribution in [2.45, 2.75) is 78.8 Å². The van der Waals surface area contributed by atoms with Crippen LogP contribution in [0.1, 0.15) is 94.3 Å². The van der Waals surface area contributed by atoms with Gasteiger partial charge in [-0.2, -0.15) is 13.2 Å². The monoisotopic (exact) mass is 462 g/mol. The minimum Gasteiger partial charge on any atom is -0.368 e. The fraction of sp³-hybridized carbons (Fsp3) is 0.565. The Hall–Kier alpha value is -2.02. The fourth-order valence-electron chi connectivity index (χ4n) is 2.81. The average molecular weight is 463 g/mol. The number of nitrogens with two attached hydrogens (primary N) is 1. The molecule has 0 aliphatic heterocycles. The van der Waals surface area contributed by atoms with Gasteiger partial charge in [0.05, 0.1) is 16.3 Å². The van der Waals surface area contributed by atoms with Gasteiger partial charge in [0.2, 0.25) is 5.88 Å². The number of carbonyl (C=O) groups is 1. The number of benzene rings is 1. The summed E-state index contributed by atoms with van der Waals surface area (Å²) in [6, 6.07) is 4.71. The lowest BCUT2D eigenvalue weighted by molar-refractivity contribution is -0.137. The molecule has 2 N–H and O–H groups in total. The summed E-state index contributed by atoms with van der Waals surface area (Å²) in [6.45, 7) is 10.8. The summed E-state index contributed by atoms with van der Waals surface area (Å²) in [6.07, 6.45) is 2.01. The largest absolute Gasteiger partial charge is 0.417 e. The minimum absolute atomic E-state index is 0.123. The third-order valence-electron chi connectivity index (χ3n) is 4.74. The van der Waals surface area contributed by atoms with Crippen LogP contribution in [-0.2, 0) is 6.18 Å². The second kappa shape index (κ2) is 14.9. The number of hydrogen-bond donors (Lipinski definition) is 1. The highest BCUT2D eigenvalue weighted by atomic mass is 35.5. The van der Waals surface area contributed by atoms with Crippen LogP contribution in [0, 0.1) is 5.92 Å². The van der Waals surface area contributed by atoms with Gasteiger partial charge < -0.3 is 10.3 Å². The predicted molar refractivity (Wildman–Crippen MR) is 120 cm³/mol. The fourth-order valence-corrected chi connectivity index (χ4v) is 3.11. The van der Waals surface area contributed by atoms with Crippen LogP contribution >= 0.6 is 11.6 Å². The Morgan fingerprint density at radius 1 is 1.16 bits per heavy atom. The molecule has 0 radical (unpaired) electrons. The lowest BCUT2D eigenvalue weighted by atomic mass is 9.90. The molecule has 0 aliphatic rings. The van der Waals surface area contributed by atoms with Crippen LogP contribution in [0.3, 0.4) is 0 Å². The van der Waals surface area contributed by atoms with E-state index in [1.807, 2.05) is 19.9 Å². The average Bonchev–Trinajstić information content (AvgIpc) is 3.17. The molecular weight excluding hydrogens is 429 g/mol. The number of rotatable bonds is 8. The van der Waals surface area contributed by atoms with Gasteiger partial charge in [-0.25, -0.2) is 0 Å². The number of hydrogen-bond acceptors (Lipinski definition) is 4. The van der Waals surface area contributed by atoms with Gasteiger partial charge in [-0.05, 0) is 30.9 Å². The van der Waals surface area contributed by atoms with Gasteiger partial charge in [-0.1, -0.05) is 76.7 Å². The van der Waals surface area contributed by atoms with Gasteiger partial charge in [-0.3, -0.25) is 4.79 Å². The predicted octanol–water partition coefficient (Wildman–Crippen LogP) is 8.16. The Balaban J connectivity index is 0.000000547. The van der Waals surface area contributed by atoms with Gasteiger partial charge in [0.25, 0.3) is 0 Å². The highest BCUT2D eigenvalue weighted by Gasteiger charge is 2.32. The third-order valence-corrected chi connectivity index (χ3v) is 5.05. The molecule has 0 aliphatic carbocycles. The number of nitrogens with zero attached hydrogens (tertiary/aromatic N) is 1. The Bertz CT molecular complexity index is 764. The summed E-state index contributed by atoms with van der Waals surface area (Å²) >= 11 is 5.31. The standard InChI is InChI=1S/C13H24N2O.C8H4ClF3O.C2H6/c1-4-6-11(8-7-10(3)5-2)12-9-13(14)16-15-12;9-7-3-5(4-13)1-2-6(7)8(10,11)12;1-2/h9-11H,4-8,14H2,1-3H3;1-4H;1-2H3/t10-,11?;;/m1../s1. The first-order valence-corrected chi connectivity index (χ1v) is 11.0. The quantitative estimate of drug-likeness (QED) is 0.401. The number of aldehydes is 1. The first kappa shape index (κ1) is 29.0. The first-order valence-electron chi connectivity index (χ1n) is 10.7. The lowest BCUT2D eigenvalue weighted by Gasteiger charge is -2.15. The van der Waals surface area contributed by atoms with Crippen LogP contribution in [0.25, 0.3) is 0 Å². The summed E-state index contributed by atoms with van der Waals surface area (Å²) in [5, 5.41) is 3.58. The van der Waals surface area contributed by atoms with Crippen LogP contribution in [-0.4, -0.2) is 11.4 Å². The topological polar surface area (TPSA) is 69.1 Å². The zero-order valence-electron chi connectivity index (χ0n) is 18.9. The van der Waals surface area contributed by atoms with Crippen LogP contribution in [0.5, 0.6) is 0 Å². The smallest absolute Gasteiger partial charge is 0.368 e. The molecule has 176 valence electrons. The van der Waals surface area contributed by atoms with Gasteiger partial charge in [0.15, 0.2) is 0 Å². The second-order valence-electron chi connectivity index (χ2n) is 7.09. The van der Waals surface area contributed by atoms with E-state index < -0.39 is 16.8 Å². The molecule has 2 aromatic rings. The second-order valence-corrected chi connectivity index (χ2v) is 7.49. The molecule has 0 saturated carbocycles. The highest BCUT2D eigenvalue weighted by molar-refractivity contribution is 6.31. The van der Waals surface area contributed by atoms with Crippen molar-refractivity contribution in [3.63, 3.8) is 0 Å². The molecule has 4 nitrogen and oxygen atoms in total. The van der Waals surface area contributed by atoms with Crippen molar-refractivity contribution in [2.24, 2.45) is 5.92 Å². The minimum atomic E-state index is -4.47. The third kappa shape index (κ3) is 10.7. The molecule has 1 unspecified atom stereocenters. The van der Waals surface area contributed by atoms with E-state index in [1.54, 1.807) is 0 Å². The van der Waals surface area contributed by atoms with E-state index in [2.05, 4.69) is 25.9 Å². The maximum absolute atomic E-state index is 12.1. The molecular formula is C23H34ClF3N2O2. The molecule has 0 bridgehead atoms. The number of aromatic nitrogens is 1. The molecule has 0 saturated heterocycles. The van der Waals surface area contributed by atoms with Crippen molar-refractivity contribution in [1.82, 2.24) is 5.16 Å². The molecule has 1 aromatic carbocycles. The van der Waals surface area contributed by atoms with E-state index in [1.165, 1.54) is 32.1 Å². The normalized spacial score (nSPS) is 12.7. The first-order chi connectivity index (χ1) is 14.6.